The second-order valence-corrected chi connectivity index (χ2v) is 5.18. The molecular weight excluding hydrogens is 278 g/mol. The van der Waals surface area contributed by atoms with E-state index in [1.54, 1.807) is 24.1 Å². The van der Waals surface area contributed by atoms with Crippen molar-refractivity contribution in [2.75, 3.05) is 32.1 Å². The highest BCUT2D eigenvalue weighted by Gasteiger charge is 2.23. The molecule has 1 aromatic rings. The highest BCUT2D eigenvalue weighted by Crippen LogP contribution is 2.18. The quantitative estimate of drug-likeness (QED) is 0.848. The molecule has 1 aromatic heterocycles. The monoisotopic (exact) mass is 297 g/mol. The molecule has 0 saturated carbocycles. The van der Waals surface area contributed by atoms with Crippen LogP contribution in [0.5, 0.6) is 0 Å². The Hall–Kier alpha value is -1.33. The first-order valence-electron chi connectivity index (χ1n) is 6.90. The maximum absolute atomic E-state index is 12.5. The van der Waals surface area contributed by atoms with E-state index in [0.29, 0.717) is 29.6 Å². The van der Waals surface area contributed by atoms with Gasteiger partial charge < -0.3 is 15.0 Å². The molecule has 0 bridgehead atoms. The van der Waals surface area contributed by atoms with Crippen molar-refractivity contribution in [2.45, 2.75) is 25.9 Å². The fourth-order valence-electron chi connectivity index (χ4n) is 2.32. The van der Waals surface area contributed by atoms with E-state index in [4.69, 9.17) is 16.3 Å². The molecule has 0 radical (unpaired) electrons. The van der Waals surface area contributed by atoms with Gasteiger partial charge in [-0.3, -0.25) is 4.79 Å². The number of carbonyl (C=O) groups is 1. The Kier molecular flexibility index (Phi) is 5.20. The van der Waals surface area contributed by atoms with E-state index >= 15 is 0 Å². The minimum absolute atomic E-state index is 0.0381. The smallest absolute Gasteiger partial charge is 0.254 e. The Bertz CT molecular complexity index is 475. The topological polar surface area (TPSA) is 54.5 Å². The molecule has 1 aliphatic heterocycles. The van der Waals surface area contributed by atoms with Crippen molar-refractivity contribution in [2.24, 2.45) is 0 Å². The zero-order valence-corrected chi connectivity index (χ0v) is 12.6. The van der Waals surface area contributed by atoms with E-state index in [9.17, 15) is 4.79 Å². The summed E-state index contributed by atoms with van der Waals surface area (Å²) in [6.07, 6.45) is 2.24. The maximum atomic E-state index is 12.5. The van der Waals surface area contributed by atoms with Gasteiger partial charge >= 0.3 is 0 Å². The predicted octanol–water partition coefficient (Wildman–Crippen LogP) is 2.42. The largest absolute Gasteiger partial charge is 0.376 e. The van der Waals surface area contributed by atoms with Crippen molar-refractivity contribution in [1.29, 1.82) is 0 Å². The van der Waals surface area contributed by atoms with Crippen LogP contribution in [0.2, 0.25) is 5.15 Å². The third-order valence-electron chi connectivity index (χ3n) is 3.41. The number of carbonyl (C=O) groups excluding carboxylic acids is 1. The first-order valence-corrected chi connectivity index (χ1v) is 7.28. The van der Waals surface area contributed by atoms with Crippen LogP contribution in [-0.4, -0.2) is 48.6 Å². The molecule has 6 heteroatoms. The van der Waals surface area contributed by atoms with Gasteiger partial charge in [0.15, 0.2) is 0 Å². The first kappa shape index (κ1) is 15.1. The molecule has 1 N–H and O–H groups in total. The van der Waals surface area contributed by atoms with Crippen molar-refractivity contribution in [3.05, 3.63) is 22.8 Å². The van der Waals surface area contributed by atoms with Crippen molar-refractivity contribution in [3.8, 4) is 0 Å². The summed E-state index contributed by atoms with van der Waals surface area (Å²) in [5.41, 5.74) is 0.550. The molecule has 1 fully saturated rings. The molecule has 1 atom stereocenters. The molecule has 1 amide bonds. The van der Waals surface area contributed by atoms with Crippen LogP contribution in [0.25, 0.3) is 0 Å². The lowest BCUT2D eigenvalue weighted by atomic mass is 10.2. The van der Waals surface area contributed by atoms with Crippen LogP contribution in [0.3, 0.4) is 0 Å². The molecule has 0 unspecified atom stereocenters. The number of amides is 1. The van der Waals surface area contributed by atoms with Crippen LogP contribution < -0.4 is 5.32 Å². The number of hydrogen-bond acceptors (Lipinski definition) is 4. The zero-order valence-electron chi connectivity index (χ0n) is 11.9. The molecule has 110 valence electrons. The number of hydrogen-bond donors (Lipinski definition) is 1. The van der Waals surface area contributed by atoms with Crippen molar-refractivity contribution in [3.63, 3.8) is 0 Å². The Morgan fingerprint density at radius 3 is 3.00 bits per heavy atom. The van der Waals surface area contributed by atoms with Gasteiger partial charge in [-0.05, 0) is 31.9 Å². The number of nitrogens with zero attached hydrogens (tertiary/aromatic N) is 2. The molecule has 1 saturated heterocycles. The van der Waals surface area contributed by atoms with E-state index in [2.05, 4.69) is 10.3 Å². The highest BCUT2D eigenvalue weighted by atomic mass is 35.5. The molecule has 1 aliphatic rings. The Morgan fingerprint density at radius 2 is 2.40 bits per heavy atom. The molecular formula is C14H20ClN3O2. The van der Waals surface area contributed by atoms with Crippen molar-refractivity contribution >= 4 is 23.3 Å². The third kappa shape index (κ3) is 3.61. The maximum Gasteiger partial charge on any atom is 0.254 e. The number of nitrogens with one attached hydrogen (secondary N) is 1. The summed E-state index contributed by atoms with van der Waals surface area (Å²) in [5.74, 6) is 0.554. The van der Waals surface area contributed by atoms with E-state index < -0.39 is 0 Å². The summed E-state index contributed by atoms with van der Waals surface area (Å²) in [4.78, 5) is 18.4. The minimum atomic E-state index is -0.0381. The average molecular weight is 298 g/mol. The predicted molar refractivity (Wildman–Crippen MR) is 79.3 cm³/mol. The number of likely N-dealkylation sites (N-methyl/N-ethyl adjacent to an activating group) is 1. The molecule has 2 rings (SSSR count). The van der Waals surface area contributed by atoms with E-state index in [-0.39, 0.29) is 12.0 Å². The number of anilines is 1. The second-order valence-electron chi connectivity index (χ2n) is 4.79. The van der Waals surface area contributed by atoms with Gasteiger partial charge in [0.1, 0.15) is 11.0 Å². The van der Waals surface area contributed by atoms with Crippen LogP contribution in [0, 0.1) is 0 Å². The van der Waals surface area contributed by atoms with Gasteiger partial charge in [-0.15, -0.1) is 0 Å². The Balaban J connectivity index is 2.12. The van der Waals surface area contributed by atoms with Gasteiger partial charge in [0.25, 0.3) is 5.91 Å². The normalized spacial score (nSPS) is 18.1. The van der Waals surface area contributed by atoms with Gasteiger partial charge in [0.2, 0.25) is 0 Å². The Labute approximate surface area is 124 Å². The summed E-state index contributed by atoms with van der Waals surface area (Å²) in [6, 6.07) is 3.31. The summed E-state index contributed by atoms with van der Waals surface area (Å²) in [7, 11) is 1.75. The van der Waals surface area contributed by atoms with Crippen LogP contribution in [0.15, 0.2) is 12.1 Å². The molecule has 5 nitrogen and oxygen atoms in total. The van der Waals surface area contributed by atoms with Gasteiger partial charge in [0, 0.05) is 32.3 Å². The third-order valence-corrected chi connectivity index (χ3v) is 3.61. The number of halogens is 1. The van der Waals surface area contributed by atoms with Crippen molar-refractivity contribution < 1.29 is 9.53 Å². The molecule has 20 heavy (non-hydrogen) atoms. The van der Waals surface area contributed by atoms with E-state index in [1.165, 1.54) is 0 Å². The Morgan fingerprint density at radius 1 is 1.60 bits per heavy atom. The van der Waals surface area contributed by atoms with E-state index in [1.807, 2.05) is 6.92 Å². The number of aromatic nitrogens is 1. The zero-order chi connectivity index (χ0) is 14.5. The summed E-state index contributed by atoms with van der Waals surface area (Å²) < 4.78 is 5.60. The van der Waals surface area contributed by atoms with E-state index in [0.717, 1.165) is 19.4 Å². The lowest BCUT2D eigenvalue weighted by molar-refractivity contribution is 0.0539. The van der Waals surface area contributed by atoms with Crippen LogP contribution in [0.1, 0.15) is 30.1 Å². The van der Waals surface area contributed by atoms with Gasteiger partial charge in [-0.25, -0.2) is 4.98 Å². The first-order chi connectivity index (χ1) is 9.63. The summed E-state index contributed by atoms with van der Waals surface area (Å²) in [5, 5.41) is 3.22. The fourth-order valence-corrected chi connectivity index (χ4v) is 2.53. The number of pyridine rings is 1. The molecule has 2 heterocycles. The van der Waals surface area contributed by atoms with Gasteiger partial charge in [0.05, 0.1) is 6.10 Å². The van der Waals surface area contributed by atoms with Gasteiger partial charge in [-0.1, -0.05) is 11.6 Å². The summed E-state index contributed by atoms with van der Waals surface area (Å²) in [6.45, 7) is 4.04. The minimum Gasteiger partial charge on any atom is -0.376 e. The number of rotatable bonds is 5. The molecule has 0 spiro atoms. The average Bonchev–Trinajstić information content (AvgIpc) is 2.96. The lowest BCUT2D eigenvalue weighted by Gasteiger charge is -2.24. The van der Waals surface area contributed by atoms with Crippen LogP contribution in [-0.2, 0) is 4.74 Å². The molecule has 0 aromatic carbocycles. The highest BCUT2D eigenvalue weighted by molar-refractivity contribution is 6.29. The van der Waals surface area contributed by atoms with Crippen LogP contribution >= 0.6 is 11.6 Å². The fraction of sp³-hybridized carbons (Fsp3) is 0.571. The second kappa shape index (κ2) is 6.90. The SMILES string of the molecule is CCN(C[C@H]1CCCO1)C(=O)c1cc(Cl)nc(NC)c1. The number of ether oxygens (including phenoxy) is 1. The van der Waals surface area contributed by atoms with Gasteiger partial charge in [-0.2, -0.15) is 0 Å². The lowest BCUT2D eigenvalue weighted by Crippen LogP contribution is -2.37. The standard InChI is InChI=1S/C14H20ClN3O2/c1-3-18(9-11-5-4-6-20-11)14(19)10-7-12(15)17-13(8-10)16-2/h7-8,11H,3-6,9H2,1-2H3,(H,16,17)/t11-/m1/s1. The summed E-state index contributed by atoms with van der Waals surface area (Å²) >= 11 is 5.94. The van der Waals surface area contributed by atoms with Crippen molar-refractivity contribution in [1.82, 2.24) is 9.88 Å². The molecule has 0 aliphatic carbocycles. The van der Waals surface area contributed by atoms with Crippen LogP contribution in [0.4, 0.5) is 5.82 Å².